The summed E-state index contributed by atoms with van der Waals surface area (Å²) in [6, 6.07) is 13.6. The molecule has 2 aromatic rings. The molecule has 0 saturated heterocycles. The molecule has 5 nitrogen and oxygen atoms in total. The van der Waals surface area contributed by atoms with Gasteiger partial charge in [0.25, 0.3) is 5.91 Å². The van der Waals surface area contributed by atoms with E-state index < -0.39 is 5.97 Å². The van der Waals surface area contributed by atoms with Gasteiger partial charge in [-0.05, 0) is 42.2 Å². The van der Waals surface area contributed by atoms with Gasteiger partial charge in [-0.3, -0.25) is 9.59 Å². The Kier molecular flexibility index (Phi) is 4.46. The lowest BCUT2D eigenvalue weighted by Crippen LogP contribution is -2.36. The van der Waals surface area contributed by atoms with Crippen molar-refractivity contribution in [2.75, 3.05) is 6.61 Å². The van der Waals surface area contributed by atoms with Gasteiger partial charge in [0.05, 0.1) is 5.92 Å². The zero-order chi connectivity index (χ0) is 16.2. The van der Waals surface area contributed by atoms with E-state index in [2.05, 4.69) is 5.32 Å². The summed E-state index contributed by atoms with van der Waals surface area (Å²) in [6.07, 6.45) is 1.82. The smallest absolute Gasteiger partial charge is 0.306 e. The number of hydrogen-bond donors (Lipinski definition) is 2. The highest BCUT2D eigenvalue weighted by Crippen LogP contribution is 2.25. The Hall–Kier alpha value is -2.56. The van der Waals surface area contributed by atoms with E-state index in [1.54, 1.807) is 0 Å². The third-order valence-electron chi connectivity index (χ3n) is 4.24. The van der Waals surface area contributed by atoms with Crippen molar-refractivity contribution in [1.82, 2.24) is 5.32 Å². The number of hydrogen-bond acceptors (Lipinski definition) is 3. The topological polar surface area (TPSA) is 75.6 Å². The van der Waals surface area contributed by atoms with E-state index in [0.29, 0.717) is 25.0 Å². The second-order valence-electron chi connectivity index (χ2n) is 5.91. The number of carbonyl (C=O) groups is 2. The summed E-state index contributed by atoms with van der Waals surface area (Å²) in [6.45, 7) is -0.0629. The zero-order valence-electron chi connectivity index (χ0n) is 12.7. The summed E-state index contributed by atoms with van der Waals surface area (Å²) in [4.78, 5) is 22.8. The van der Waals surface area contributed by atoms with Crippen molar-refractivity contribution >= 4 is 22.6 Å². The van der Waals surface area contributed by atoms with Crippen LogP contribution in [0, 0.1) is 5.92 Å². The minimum atomic E-state index is -0.783. The molecular formula is C18H19NO4. The molecule has 2 N–H and O–H groups in total. The molecule has 0 unspecified atom stereocenters. The van der Waals surface area contributed by atoms with Crippen molar-refractivity contribution in [3.05, 3.63) is 42.5 Å². The van der Waals surface area contributed by atoms with E-state index in [1.807, 2.05) is 42.5 Å². The number of ether oxygens (including phenoxy) is 1. The lowest BCUT2D eigenvalue weighted by molar-refractivity contribution is -0.141. The van der Waals surface area contributed by atoms with Crippen LogP contribution in [0.3, 0.4) is 0 Å². The van der Waals surface area contributed by atoms with Gasteiger partial charge in [-0.1, -0.05) is 30.3 Å². The van der Waals surface area contributed by atoms with Gasteiger partial charge < -0.3 is 15.2 Å². The Morgan fingerprint density at radius 1 is 1.13 bits per heavy atom. The van der Waals surface area contributed by atoms with Crippen LogP contribution in [0.15, 0.2) is 42.5 Å². The van der Waals surface area contributed by atoms with Gasteiger partial charge in [0.1, 0.15) is 5.75 Å². The Morgan fingerprint density at radius 2 is 1.91 bits per heavy atom. The molecule has 1 aliphatic rings. The van der Waals surface area contributed by atoms with Gasteiger partial charge in [-0.2, -0.15) is 0 Å². The van der Waals surface area contributed by atoms with Crippen molar-refractivity contribution < 1.29 is 19.4 Å². The molecule has 2 aromatic carbocycles. The standard InChI is InChI=1S/C18H19NO4/c20-17(19-15-7-5-14(9-15)18(21)22)11-23-16-8-6-12-3-1-2-4-13(12)10-16/h1-4,6,8,10,14-15H,5,7,9,11H2,(H,19,20)(H,21,22)/t14-,15+/m1/s1. The summed E-state index contributed by atoms with van der Waals surface area (Å²) in [5, 5.41) is 14.0. The normalized spacial score (nSPS) is 20.3. The first-order chi connectivity index (χ1) is 11.1. The molecule has 3 rings (SSSR count). The maximum Gasteiger partial charge on any atom is 0.306 e. The lowest BCUT2D eigenvalue weighted by Gasteiger charge is -2.13. The highest BCUT2D eigenvalue weighted by molar-refractivity contribution is 5.84. The number of carboxylic acid groups (broad SMARTS) is 1. The Morgan fingerprint density at radius 3 is 2.65 bits per heavy atom. The minimum absolute atomic E-state index is 0.0629. The van der Waals surface area contributed by atoms with Crippen LogP contribution in [0.4, 0.5) is 0 Å². The fourth-order valence-corrected chi connectivity index (χ4v) is 3.01. The number of benzene rings is 2. The quantitative estimate of drug-likeness (QED) is 0.889. The van der Waals surface area contributed by atoms with E-state index in [4.69, 9.17) is 9.84 Å². The van der Waals surface area contributed by atoms with Crippen molar-refractivity contribution in [2.45, 2.75) is 25.3 Å². The largest absolute Gasteiger partial charge is 0.484 e. The number of aliphatic carboxylic acids is 1. The molecule has 5 heteroatoms. The lowest BCUT2D eigenvalue weighted by atomic mass is 10.1. The molecule has 2 atom stereocenters. The molecule has 120 valence electrons. The first-order valence-corrected chi connectivity index (χ1v) is 7.75. The molecule has 1 aliphatic carbocycles. The Balaban J connectivity index is 1.51. The van der Waals surface area contributed by atoms with Crippen LogP contribution in [-0.2, 0) is 9.59 Å². The molecule has 0 aromatic heterocycles. The zero-order valence-corrected chi connectivity index (χ0v) is 12.7. The van der Waals surface area contributed by atoms with Crippen LogP contribution in [0.2, 0.25) is 0 Å². The Bertz CT molecular complexity index is 728. The second kappa shape index (κ2) is 6.69. The van der Waals surface area contributed by atoms with Crippen LogP contribution in [0.5, 0.6) is 5.75 Å². The summed E-state index contributed by atoms with van der Waals surface area (Å²) in [5.74, 6) is -0.696. The molecule has 1 saturated carbocycles. The third kappa shape index (κ3) is 3.80. The number of amides is 1. The molecule has 23 heavy (non-hydrogen) atoms. The van der Waals surface area contributed by atoms with Crippen LogP contribution in [0.25, 0.3) is 10.8 Å². The van der Waals surface area contributed by atoms with Crippen LogP contribution >= 0.6 is 0 Å². The average Bonchev–Trinajstić information content (AvgIpc) is 3.01. The van der Waals surface area contributed by atoms with Crippen molar-refractivity contribution in [2.24, 2.45) is 5.92 Å². The van der Waals surface area contributed by atoms with Crippen molar-refractivity contribution in [3.63, 3.8) is 0 Å². The fourth-order valence-electron chi connectivity index (χ4n) is 3.01. The molecule has 1 amide bonds. The summed E-state index contributed by atoms with van der Waals surface area (Å²) >= 11 is 0. The predicted octanol–water partition coefficient (Wildman–Crippen LogP) is 2.59. The van der Waals surface area contributed by atoms with Crippen LogP contribution in [-0.4, -0.2) is 29.6 Å². The summed E-state index contributed by atoms with van der Waals surface area (Å²) in [5.41, 5.74) is 0. The van der Waals surface area contributed by atoms with Gasteiger partial charge in [-0.15, -0.1) is 0 Å². The van der Waals surface area contributed by atoms with E-state index in [0.717, 1.165) is 10.8 Å². The molecule has 0 radical (unpaired) electrons. The first kappa shape index (κ1) is 15.3. The van der Waals surface area contributed by atoms with Gasteiger partial charge in [-0.25, -0.2) is 0 Å². The maximum atomic E-state index is 11.9. The molecule has 0 bridgehead atoms. The SMILES string of the molecule is O=C(COc1ccc2ccccc2c1)N[C@H]1CC[C@@H](C(=O)O)C1. The number of carboxylic acids is 1. The molecule has 0 spiro atoms. The van der Waals surface area contributed by atoms with Crippen LogP contribution < -0.4 is 10.1 Å². The molecule has 0 aliphatic heterocycles. The van der Waals surface area contributed by atoms with Crippen molar-refractivity contribution in [3.8, 4) is 5.75 Å². The highest BCUT2D eigenvalue weighted by Gasteiger charge is 2.30. The monoisotopic (exact) mass is 313 g/mol. The molecule has 1 fully saturated rings. The van der Waals surface area contributed by atoms with Gasteiger partial charge in [0, 0.05) is 6.04 Å². The minimum Gasteiger partial charge on any atom is -0.484 e. The first-order valence-electron chi connectivity index (χ1n) is 7.75. The van der Waals surface area contributed by atoms with E-state index in [1.165, 1.54) is 0 Å². The third-order valence-corrected chi connectivity index (χ3v) is 4.24. The second-order valence-corrected chi connectivity index (χ2v) is 5.91. The summed E-state index contributed by atoms with van der Waals surface area (Å²) < 4.78 is 5.53. The Labute approximate surface area is 134 Å². The number of nitrogens with one attached hydrogen (secondary N) is 1. The van der Waals surface area contributed by atoms with E-state index >= 15 is 0 Å². The average molecular weight is 313 g/mol. The maximum absolute atomic E-state index is 11.9. The van der Waals surface area contributed by atoms with Crippen LogP contribution in [0.1, 0.15) is 19.3 Å². The number of carbonyl (C=O) groups excluding carboxylic acids is 1. The number of rotatable bonds is 5. The highest BCUT2D eigenvalue weighted by atomic mass is 16.5. The van der Waals surface area contributed by atoms with Gasteiger partial charge >= 0.3 is 5.97 Å². The predicted molar refractivity (Wildman–Crippen MR) is 86.4 cm³/mol. The molecular weight excluding hydrogens is 294 g/mol. The van der Waals surface area contributed by atoms with E-state index in [9.17, 15) is 9.59 Å². The molecule has 0 heterocycles. The number of fused-ring (bicyclic) bond motifs is 1. The fraction of sp³-hybridized carbons (Fsp3) is 0.333. The van der Waals surface area contributed by atoms with Gasteiger partial charge in [0.15, 0.2) is 6.61 Å². The summed E-state index contributed by atoms with van der Waals surface area (Å²) in [7, 11) is 0. The van der Waals surface area contributed by atoms with Gasteiger partial charge in [0.2, 0.25) is 0 Å². The van der Waals surface area contributed by atoms with E-state index in [-0.39, 0.29) is 24.5 Å². The van der Waals surface area contributed by atoms with Crippen molar-refractivity contribution in [1.29, 1.82) is 0 Å².